The summed E-state index contributed by atoms with van der Waals surface area (Å²) in [5.74, 6) is 0. The molecule has 3 rings (SSSR count). The van der Waals surface area contributed by atoms with Crippen molar-refractivity contribution in [2.75, 3.05) is 36.9 Å². The Morgan fingerprint density at radius 2 is 1.68 bits per heavy atom. The van der Waals surface area contributed by atoms with Crippen molar-refractivity contribution in [1.82, 2.24) is 0 Å². The van der Waals surface area contributed by atoms with Gasteiger partial charge in [0, 0.05) is 18.1 Å². The monoisotopic (exact) mass is 318 g/mol. The van der Waals surface area contributed by atoms with E-state index in [-0.39, 0.29) is 0 Å². The third kappa shape index (κ3) is 3.19. The molecule has 1 saturated heterocycles. The number of ether oxygens (including phenoxy) is 1. The molecule has 1 atom stereocenters. The first-order chi connectivity index (χ1) is 10.6. The van der Waals surface area contributed by atoms with E-state index in [0.29, 0.717) is 23.9 Å². The minimum atomic E-state index is -0.710. The third-order valence-electron chi connectivity index (χ3n) is 3.90. The van der Waals surface area contributed by atoms with Gasteiger partial charge in [-0.25, -0.2) is 0 Å². The fraction of sp³-hybridized carbons (Fsp3) is 0.294. The summed E-state index contributed by atoms with van der Waals surface area (Å²) in [6, 6.07) is 12.9. The first-order valence-corrected chi connectivity index (χ1v) is 7.68. The Morgan fingerprint density at radius 1 is 1.05 bits per heavy atom. The summed E-state index contributed by atoms with van der Waals surface area (Å²) in [4.78, 5) is 2.21. The largest absolute Gasteiger partial charge is 0.397 e. The van der Waals surface area contributed by atoms with Crippen LogP contribution in [0.3, 0.4) is 0 Å². The van der Waals surface area contributed by atoms with E-state index < -0.39 is 6.10 Å². The first-order valence-electron chi connectivity index (χ1n) is 7.31. The van der Waals surface area contributed by atoms with Crippen LogP contribution in [0.15, 0.2) is 42.5 Å². The number of aliphatic hydroxyl groups excluding tert-OH is 1. The molecule has 1 heterocycles. The van der Waals surface area contributed by atoms with Crippen molar-refractivity contribution in [3.05, 3.63) is 58.6 Å². The number of morpholine rings is 1. The van der Waals surface area contributed by atoms with E-state index in [2.05, 4.69) is 4.90 Å². The Labute approximate surface area is 135 Å². The van der Waals surface area contributed by atoms with Gasteiger partial charge in [-0.2, -0.15) is 0 Å². The second-order valence-corrected chi connectivity index (χ2v) is 5.81. The molecule has 2 aromatic rings. The highest BCUT2D eigenvalue weighted by Crippen LogP contribution is 2.30. The molecule has 1 aliphatic rings. The van der Waals surface area contributed by atoms with Gasteiger partial charge in [0.25, 0.3) is 0 Å². The molecule has 0 spiro atoms. The van der Waals surface area contributed by atoms with Crippen molar-refractivity contribution in [3.63, 3.8) is 0 Å². The van der Waals surface area contributed by atoms with Crippen LogP contribution in [0, 0.1) is 0 Å². The number of anilines is 2. The summed E-state index contributed by atoms with van der Waals surface area (Å²) in [5, 5.41) is 11.1. The molecule has 116 valence electrons. The van der Waals surface area contributed by atoms with Crippen molar-refractivity contribution in [3.8, 4) is 0 Å². The molecule has 0 radical (unpaired) electrons. The topological polar surface area (TPSA) is 58.7 Å². The first kappa shape index (κ1) is 15.2. The number of aliphatic hydroxyl groups is 1. The molecule has 5 heteroatoms. The van der Waals surface area contributed by atoms with Gasteiger partial charge in [0.2, 0.25) is 0 Å². The normalized spacial score (nSPS) is 16.5. The van der Waals surface area contributed by atoms with Crippen molar-refractivity contribution >= 4 is 23.0 Å². The molecular weight excluding hydrogens is 300 g/mol. The number of nitrogen functional groups attached to an aromatic ring is 1. The quantitative estimate of drug-likeness (QED) is 0.854. The van der Waals surface area contributed by atoms with Crippen LogP contribution in [0.2, 0.25) is 5.02 Å². The summed E-state index contributed by atoms with van der Waals surface area (Å²) in [7, 11) is 0. The highest BCUT2D eigenvalue weighted by molar-refractivity contribution is 6.30. The van der Waals surface area contributed by atoms with Gasteiger partial charge in [0.15, 0.2) is 0 Å². The van der Waals surface area contributed by atoms with Gasteiger partial charge in [0.1, 0.15) is 6.10 Å². The average molecular weight is 319 g/mol. The predicted octanol–water partition coefficient (Wildman–Crippen LogP) is 2.84. The lowest BCUT2D eigenvalue weighted by atomic mass is 10.0. The van der Waals surface area contributed by atoms with Crippen LogP contribution in [0.4, 0.5) is 11.4 Å². The number of benzene rings is 2. The van der Waals surface area contributed by atoms with Crippen LogP contribution in [0.5, 0.6) is 0 Å². The fourth-order valence-corrected chi connectivity index (χ4v) is 2.80. The van der Waals surface area contributed by atoms with Crippen LogP contribution in [0.1, 0.15) is 17.2 Å². The van der Waals surface area contributed by atoms with Crippen molar-refractivity contribution in [2.24, 2.45) is 0 Å². The maximum Gasteiger partial charge on any atom is 0.104 e. The predicted molar refractivity (Wildman–Crippen MR) is 89.4 cm³/mol. The molecule has 0 bridgehead atoms. The summed E-state index contributed by atoms with van der Waals surface area (Å²) in [6.45, 7) is 3.11. The molecule has 4 nitrogen and oxygen atoms in total. The zero-order valence-corrected chi connectivity index (χ0v) is 13.0. The van der Waals surface area contributed by atoms with Crippen molar-refractivity contribution < 1.29 is 9.84 Å². The molecule has 1 unspecified atom stereocenters. The second-order valence-electron chi connectivity index (χ2n) is 5.37. The standard InChI is InChI=1S/C17H19ClN2O2/c18-14-4-1-12(2-5-14)17(21)13-3-6-16(15(19)11-13)20-7-9-22-10-8-20/h1-6,11,17,21H,7-10,19H2. The van der Waals surface area contributed by atoms with Crippen LogP contribution in [-0.4, -0.2) is 31.4 Å². The number of hydrogen-bond acceptors (Lipinski definition) is 4. The maximum atomic E-state index is 10.5. The van der Waals surface area contributed by atoms with E-state index in [1.165, 1.54) is 0 Å². The van der Waals surface area contributed by atoms with Crippen molar-refractivity contribution in [1.29, 1.82) is 0 Å². The van der Waals surface area contributed by atoms with E-state index in [1.807, 2.05) is 30.3 Å². The minimum absolute atomic E-state index is 0.651. The summed E-state index contributed by atoms with van der Waals surface area (Å²) in [5.41, 5.74) is 9.42. The van der Waals surface area contributed by atoms with Crippen molar-refractivity contribution in [2.45, 2.75) is 6.10 Å². The molecular formula is C17H19ClN2O2. The molecule has 1 fully saturated rings. The highest BCUT2D eigenvalue weighted by atomic mass is 35.5. The molecule has 0 aliphatic carbocycles. The summed E-state index contributed by atoms with van der Waals surface area (Å²) in [6.07, 6.45) is -0.710. The van der Waals surface area contributed by atoms with Gasteiger partial charge in [-0.05, 0) is 35.4 Å². The number of nitrogens with two attached hydrogens (primary N) is 1. The Balaban J connectivity index is 1.83. The van der Waals surface area contributed by atoms with E-state index in [4.69, 9.17) is 22.1 Å². The third-order valence-corrected chi connectivity index (χ3v) is 4.16. The zero-order valence-electron chi connectivity index (χ0n) is 12.2. The number of hydrogen-bond donors (Lipinski definition) is 2. The molecule has 1 aliphatic heterocycles. The maximum absolute atomic E-state index is 10.5. The molecule has 22 heavy (non-hydrogen) atoms. The fourth-order valence-electron chi connectivity index (χ4n) is 2.67. The van der Waals surface area contributed by atoms with E-state index in [9.17, 15) is 5.11 Å². The summed E-state index contributed by atoms with van der Waals surface area (Å²) >= 11 is 5.88. The van der Waals surface area contributed by atoms with Crippen LogP contribution in [-0.2, 0) is 4.74 Å². The lowest BCUT2D eigenvalue weighted by Crippen LogP contribution is -2.36. The molecule has 3 N–H and O–H groups in total. The smallest absolute Gasteiger partial charge is 0.104 e. The molecule has 0 amide bonds. The van der Waals surface area contributed by atoms with Gasteiger partial charge in [-0.1, -0.05) is 29.8 Å². The number of nitrogens with zero attached hydrogens (tertiary/aromatic N) is 1. The van der Waals surface area contributed by atoms with Crippen LogP contribution in [0.25, 0.3) is 0 Å². The van der Waals surface area contributed by atoms with Crippen LogP contribution >= 0.6 is 11.6 Å². The van der Waals surface area contributed by atoms with Gasteiger partial charge < -0.3 is 20.5 Å². The van der Waals surface area contributed by atoms with Gasteiger partial charge in [0.05, 0.1) is 24.6 Å². The summed E-state index contributed by atoms with van der Waals surface area (Å²) < 4.78 is 5.36. The minimum Gasteiger partial charge on any atom is -0.397 e. The van der Waals surface area contributed by atoms with E-state index in [1.54, 1.807) is 12.1 Å². The lowest BCUT2D eigenvalue weighted by Gasteiger charge is -2.30. The Bertz CT molecular complexity index is 640. The van der Waals surface area contributed by atoms with E-state index in [0.717, 1.165) is 29.9 Å². The van der Waals surface area contributed by atoms with Gasteiger partial charge in [-0.3, -0.25) is 0 Å². The Kier molecular flexibility index (Phi) is 4.52. The van der Waals surface area contributed by atoms with Crippen LogP contribution < -0.4 is 10.6 Å². The molecule has 0 aromatic heterocycles. The molecule has 0 saturated carbocycles. The SMILES string of the molecule is Nc1cc(C(O)c2ccc(Cl)cc2)ccc1N1CCOCC1. The zero-order chi connectivity index (χ0) is 15.5. The lowest BCUT2D eigenvalue weighted by molar-refractivity contribution is 0.123. The van der Waals surface area contributed by atoms with E-state index >= 15 is 0 Å². The average Bonchev–Trinajstić information content (AvgIpc) is 2.55. The number of halogens is 1. The number of rotatable bonds is 3. The Hall–Kier alpha value is -1.75. The highest BCUT2D eigenvalue weighted by Gasteiger charge is 2.16. The van der Waals surface area contributed by atoms with Gasteiger partial charge >= 0.3 is 0 Å². The Morgan fingerprint density at radius 3 is 2.32 bits per heavy atom. The van der Waals surface area contributed by atoms with Gasteiger partial charge in [-0.15, -0.1) is 0 Å². The second kappa shape index (κ2) is 6.57. The molecule has 2 aromatic carbocycles.